The van der Waals surface area contributed by atoms with Crippen LogP contribution >= 0.6 is 11.8 Å². The number of ketones is 1. The number of nitrogens with one attached hydrogen (secondary N) is 1. The molecule has 79 heavy (non-hydrogen) atoms. The van der Waals surface area contributed by atoms with Crippen LogP contribution in [-0.2, 0) is 44.4 Å². The molecule has 2 bridgehead atoms. The Morgan fingerprint density at radius 1 is 1.00 bits per heavy atom. The normalized spacial score (nSPS) is 23.1. The van der Waals surface area contributed by atoms with E-state index in [4.69, 9.17) is 37.9 Å². The van der Waals surface area contributed by atoms with E-state index in [1.54, 1.807) is 48.0 Å². The van der Waals surface area contributed by atoms with E-state index in [1.165, 1.54) is 34.0 Å². The molecule has 424 valence electrons. The van der Waals surface area contributed by atoms with Crippen molar-refractivity contribution in [2.75, 3.05) is 93.9 Å². The van der Waals surface area contributed by atoms with Crippen LogP contribution in [0.1, 0.15) is 73.9 Å². The third kappa shape index (κ3) is 11.6. The topological polar surface area (TPSA) is 194 Å². The first-order valence-corrected chi connectivity index (χ1v) is 27.7. The number of benzene rings is 3. The van der Waals surface area contributed by atoms with E-state index < -0.39 is 71.9 Å². The summed E-state index contributed by atoms with van der Waals surface area (Å²) in [6.07, 6.45) is 1.22. The molecule has 7 atom stereocenters. The van der Waals surface area contributed by atoms with Crippen molar-refractivity contribution in [2.24, 2.45) is 0 Å². The second kappa shape index (κ2) is 24.5. The Labute approximate surface area is 468 Å². The highest BCUT2D eigenvalue weighted by Crippen LogP contribution is 2.57. The van der Waals surface area contributed by atoms with Crippen molar-refractivity contribution in [1.82, 2.24) is 24.9 Å². The van der Waals surface area contributed by atoms with Crippen LogP contribution in [0.5, 0.6) is 11.5 Å². The smallest absolute Gasteiger partial charge is 0.408 e. The Bertz CT molecular complexity index is 2870. The molecule has 4 aliphatic heterocycles. The number of piperidine rings is 1. The number of Topliss-reactive ketones (excluding diaryl/α,β-unsaturated/α-hetero) is 1. The van der Waals surface area contributed by atoms with Gasteiger partial charge in [-0.1, -0.05) is 67.3 Å². The first kappa shape index (κ1) is 58.6. The lowest BCUT2D eigenvalue weighted by Crippen LogP contribution is -2.75. The van der Waals surface area contributed by atoms with E-state index >= 15 is 0 Å². The maximum atomic E-state index is 14.8. The van der Waals surface area contributed by atoms with Crippen LogP contribution in [0.15, 0.2) is 102 Å². The predicted molar refractivity (Wildman–Crippen MR) is 300 cm³/mol. The maximum absolute atomic E-state index is 14.8. The highest BCUT2D eigenvalue weighted by atomic mass is 32.2. The fraction of sp³-hybridized carbons (Fsp3) is 0.500. The molecule has 0 aromatic heterocycles. The van der Waals surface area contributed by atoms with Gasteiger partial charge in [0.25, 0.3) is 0 Å². The molecule has 3 fully saturated rings. The van der Waals surface area contributed by atoms with Gasteiger partial charge in [-0.3, -0.25) is 14.6 Å². The number of esters is 1. The van der Waals surface area contributed by atoms with Gasteiger partial charge in [0.1, 0.15) is 24.3 Å². The van der Waals surface area contributed by atoms with E-state index in [2.05, 4.69) is 53.7 Å². The average molecular weight is 1110 g/mol. The minimum atomic E-state index is -2.18. The SMILES string of the molecule is C=C(N(C)C)N(C)C.C=CCN1[C@@H]2c3c(cc(C)c(OC)c3OCOCCOC)C[C@H]1[C@H](C#N)N1C2CC2(O)C(=O)C(C)=C3OCOC3=C2[C@@H]1COC(=O)[C@H](CSCC1c2ccccc2-c2ccccc21)NC(=O)OC(C)(C)C. The first-order valence-electron chi connectivity index (χ1n) is 26.6. The van der Waals surface area contributed by atoms with Crippen LogP contribution < -0.4 is 14.8 Å². The summed E-state index contributed by atoms with van der Waals surface area (Å²) in [5.74, 6) is 1.73. The van der Waals surface area contributed by atoms with Crippen molar-refractivity contribution in [2.45, 2.75) is 101 Å². The van der Waals surface area contributed by atoms with Crippen LogP contribution in [0.4, 0.5) is 4.79 Å². The molecule has 3 aromatic rings. The molecule has 18 nitrogen and oxygen atoms in total. The van der Waals surface area contributed by atoms with Gasteiger partial charge in [-0.25, -0.2) is 9.59 Å². The van der Waals surface area contributed by atoms with E-state index in [0.29, 0.717) is 36.8 Å². The van der Waals surface area contributed by atoms with Crippen LogP contribution in [0.2, 0.25) is 0 Å². The minimum Gasteiger partial charge on any atom is -0.493 e. The van der Waals surface area contributed by atoms with E-state index in [1.807, 2.05) is 80.1 Å². The minimum absolute atomic E-state index is 0.0456. The van der Waals surface area contributed by atoms with Gasteiger partial charge in [-0.2, -0.15) is 17.0 Å². The molecule has 9 rings (SSSR count). The number of nitriles is 1. The summed E-state index contributed by atoms with van der Waals surface area (Å²) in [6.45, 7) is 16.9. The molecule has 2 unspecified atom stereocenters. The fourth-order valence-electron chi connectivity index (χ4n) is 12.0. The lowest BCUT2D eigenvalue weighted by atomic mass is 9.64. The lowest BCUT2D eigenvalue weighted by Gasteiger charge is -2.63. The van der Waals surface area contributed by atoms with Gasteiger partial charge in [0.15, 0.2) is 41.2 Å². The van der Waals surface area contributed by atoms with E-state index in [-0.39, 0.29) is 60.9 Å². The third-order valence-corrected chi connectivity index (χ3v) is 16.5. The van der Waals surface area contributed by atoms with Gasteiger partial charge in [0.05, 0.1) is 44.3 Å². The van der Waals surface area contributed by atoms with Crippen LogP contribution in [0.3, 0.4) is 0 Å². The van der Waals surface area contributed by atoms with Crippen molar-refractivity contribution in [3.8, 4) is 28.7 Å². The average Bonchev–Trinajstić information content (AvgIpc) is 4.16. The maximum Gasteiger partial charge on any atom is 0.408 e. The number of hydrogen-bond donors (Lipinski definition) is 2. The van der Waals surface area contributed by atoms with Gasteiger partial charge >= 0.3 is 12.1 Å². The van der Waals surface area contributed by atoms with Crippen molar-refractivity contribution in [1.29, 1.82) is 5.26 Å². The number of piperazine rings is 1. The third-order valence-electron chi connectivity index (χ3n) is 15.4. The van der Waals surface area contributed by atoms with Gasteiger partial charge in [-0.05, 0) is 74.4 Å². The number of rotatable bonds is 19. The number of hydrogen-bond acceptors (Lipinski definition) is 18. The number of carbonyl (C=O) groups is 3. The van der Waals surface area contributed by atoms with E-state index in [9.17, 15) is 24.8 Å². The molecular weight excluding hydrogens is 1030 g/mol. The number of methoxy groups -OCH3 is 2. The highest BCUT2D eigenvalue weighted by Gasteiger charge is 2.65. The van der Waals surface area contributed by atoms with Crippen LogP contribution in [-0.4, -0.2) is 178 Å². The summed E-state index contributed by atoms with van der Waals surface area (Å²) in [4.78, 5) is 51.1. The predicted octanol–water partition coefficient (Wildman–Crippen LogP) is 7.21. The Morgan fingerprint density at radius 3 is 2.25 bits per heavy atom. The van der Waals surface area contributed by atoms with Crippen molar-refractivity contribution < 1.29 is 57.4 Å². The number of aryl methyl sites for hydroxylation is 1. The Kier molecular flexibility index (Phi) is 18.1. The molecule has 19 heteroatoms. The van der Waals surface area contributed by atoms with Crippen molar-refractivity contribution >= 4 is 29.6 Å². The zero-order valence-corrected chi connectivity index (χ0v) is 48.2. The van der Waals surface area contributed by atoms with Gasteiger partial charge in [0.2, 0.25) is 6.79 Å². The van der Waals surface area contributed by atoms with Gasteiger partial charge in [0, 0.05) is 94.5 Å². The molecule has 2 aliphatic carbocycles. The number of fused-ring (bicyclic) bond motifs is 11. The Balaban J connectivity index is 0.000000953. The monoisotopic (exact) mass is 1100 g/mol. The molecule has 4 heterocycles. The second-order valence-electron chi connectivity index (χ2n) is 21.9. The zero-order valence-electron chi connectivity index (χ0n) is 47.4. The summed E-state index contributed by atoms with van der Waals surface area (Å²) in [6, 6.07) is 16.2. The lowest BCUT2D eigenvalue weighted by molar-refractivity contribution is -0.160. The van der Waals surface area contributed by atoms with Crippen LogP contribution in [0, 0.1) is 18.3 Å². The number of nitrogens with zero attached hydrogens (tertiary/aromatic N) is 5. The molecule has 6 aliphatic rings. The number of ether oxygens (including phenoxy) is 8. The summed E-state index contributed by atoms with van der Waals surface area (Å²) in [5.41, 5.74) is 4.49. The molecule has 0 radical (unpaired) electrons. The Hall–Kier alpha value is -6.53. The molecule has 3 aromatic carbocycles. The summed E-state index contributed by atoms with van der Waals surface area (Å²) >= 11 is 1.50. The fourth-order valence-corrected chi connectivity index (χ4v) is 13.2. The van der Waals surface area contributed by atoms with E-state index in [0.717, 1.165) is 22.5 Å². The summed E-state index contributed by atoms with van der Waals surface area (Å²) in [7, 11) is 11.1. The molecular formula is C60H76N6O12S. The highest BCUT2D eigenvalue weighted by molar-refractivity contribution is 7.99. The summed E-state index contributed by atoms with van der Waals surface area (Å²) < 4.78 is 47.5. The number of thioether (sulfide) groups is 1. The molecule has 3 saturated heterocycles. The molecule has 1 amide bonds. The first-order chi connectivity index (χ1) is 37.7. The van der Waals surface area contributed by atoms with Gasteiger partial charge in [-0.15, -0.1) is 6.58 Å². The molecule has 0 spiro atoms. The van der Waals surface area contributed by atoms with Gasteiger partial charge < -0.3 is 58.1 Å². The zero-order chi connectivity index (χ0) is 57.1. The largest absolute Gasteiger partial charge is 0.493 e. The van der Waals surface area contributed by atoms with Crippen molar-refractivity contribution in [3.05, 3.63) is 130 Å². The van der Waals surface area contributed by atoms with Crippen LogP contribution in [0.25, 0.3) is 11.1 Å². The quantitative estimate of drug-likeness (QED) is 0.0529. The number of carbonyl (C=O) groups excluding carboxylic acids is 3. The number of amides is 1. The molecule has 2 N–H and O–H groups in total. The standard InChI is InChI=1S/C54H62N4O12S.C6H14N2/c1-9-18-57-39-22-32-21-30(2)46(64-8)48(67-28-65-20-19-63-7)43(32)45(57)40-23-54(62)44(49-47(68-29-69-49)31(3)50(54)59)42(58(40)41(39)24-55)25-66-51(60)38(56-52(61)70-53(4,5)6)27-71-26-37-35-16-12-10-14-33(35)34-15-11-13-17-36(34)37;1-6(7(2)3)8(4)5/h9-17,21,37-42,45,62H,1,18-20,22-23,25-29H2,2-8H3,(H,56,61);1H2,2-5H3/t38-,39-,40?,41-,42-,45-,54?;/m0./s1. The summed E-state index contributed by atoms with van der Waals surface area (Å²) in [5, 5.41) is 27.3. The molecule has 0 saturated carbocycles. The number of alkyl carbamates (subject to hydrolysis) is 1. The van der Waals surface area contributed by atoms with Crippen molar-refractivity contribution in [3.63, 3.8) is 0 Å². The second-order valence-corrected chi connectivity index (χ2v) is 23.0. The number of aliphatic hydroxyl groups is 1. The Morgan fingerprint density at radius 2 is 1.66 bits per heavy atom.